The average Bonchev–Trinajstić information content (AvgIpc) is 2.46. The summed E-state index contributed by atoms with van der Waals surface area (Å²) in [5.74, 6) is 0.392. The predicted molar refractivity (Wildman–Crippen MR) is 87.4 cm³/mol. The second-order valence-corrected chi connectivity index (χ2v) is 5.80. The fraction of sp³-hybridized carbons (Fsp3) is 0.556. The Morgan fingerprint density at radius 3 is 2.57 bits per heavy atom. The number of nitrogens with one attached hydrogen (secondary N) is 1. The number of rotatable bonds is 9. The van der Waals surface area contributed by atoms with Gasteiger partial charge < -0.3 is 5.32 Å². The number of amides is 1. The van der Waals surface area contributed by atoms with E-state index in [9.17, 15) is 9.59 Å². The van der Waals surface area contributed by atoms with E-state index in [-0.39, 0.29) is 11.8 Å². The predicted octanol–water partition coefficient (Wildman–Crippen LogP) is 4.36. The number of unbranched alkanes of at least 4 members (excludes halogenated alkanes) is 2. The van der Waals surface area contributed by atoms with Crippen molar-refractivity contribution in [1.82, 2.24) is 0 Å². The van der Waals surface area contributed by atoms with E-state index < -0.39 is 0 Å². The van der Waals surface area contributed by atoms with Gasteiger partial charge in [-0.3, -0.25) is 9.59 Å². The standard InChI is InChI=1S/C18H27NO2/c1-4-17(20)12-7-5-6-9-15-10-8-11-16(13-15)19-18(21)14(2)3/h8,10-11,13-14H,4-7,9,12H2,1-3H3,(H,19,21). The largest absolute Gasteiger partial charge is 0.326 e. The van der Waals surface area contributed by atoms with E-state index in [2.05, 4.69) is 11.4 Å². The molecule has 0 atom stereocenters. The van der Waals surface area contributed by atoms with Gasteiger partial charge in [-0.1, -0.05) is 39.3 Å². The van der Waals surface area contributed by atoms with Gasteiger partial charge in [-0.25, -0.2) is 0 Å². The number of carbonyl (C=O) groups excluding carboxylic acids is 2. The second kappa shape index (κ2) is 9.32. The third-order valence-corrected chi connectivity index (χ3v) is 3.53. The third kappa shape index (κ3) is 7.07. The SMILES string of the molecule is CCC(=O)CCCCCc1cccc(NC(=O)C(C)C)c1. The lowest BCUT2D eigenvalue weighted by atomic mass is 10.0. The summed E-state index contributed by atoms with van der Waals surface area (Å²) in [7, 11) is 0. The fourth-order valence-electron chi connectivity index (χ4n) is 2.10. The molecule has 0 bridgehead atoms. The highest BCUT2D eigenvalue weighted by Gasteiger charge is 2.07. The summed E-state index contributed by atoms with van der Waals surface area (Å²) < 4.78 is 0. The highest BCUT2D eigenvalue weighted by Crippen LogP contribution is 2.15. The van der Waals surface area contributed by atoms with E-state index in [1.165, 1.54) is 5.56 Å². The summed E-state index contributed by atoms with van der Waals surface area (Å²) in [6.07, 6.45) is 5.49. The molecule has 0 saturated heterocycles. The van der Waals surface area contributed by atoms with Gasteiger partial charge in [0.05, 0.1) is 0 Å². The lowest BCUT2D eigenvalue weighted by molar-refractivity contribution is -0.119. The van der Waals surface area contributed by atoms with Crippen molar-refractivity contribution >= 4 is 17.4 Å². The molecule has 0 radical (unpaired) electrons. The molecule has 21 heavy (non-hydrogen) atoms. The van der Waals surface area contributed by atoms with E-state index >= 15 is 0 Å². The number of aryl methyl sites for hydroxylation is 1. The molecule has 1 rings (SSSR count). The van der Waals surface area contributed by atoms with Crippen LogP contribution in [0.4, 0.5) is 5.69 Å². The summed E-state index contributed by atoms with van der Waals surface area (Å²) >= 11 is 0. The average molecular weight is 289 g/mol. The maximum atomic E-state index is 11.7. The number of hydrogen-bond donors (Lipinski definition) is 1. The summed E-state index contributed by atoms with van der Waals surface area (Å²) in [6.45, 7) is 5.69. The molecule has 0 aromatic heterocycles. The molecule has 3 heteroatoms. The van der Waals surface area contributed by atoms with Gasteiger partial charge in [0.15, 0.2) is 0 Å². The van der Waals surface area contributed by atoms with Gasteiger partial charge in [0.25, 0.3) is 0 Å². The first-order chi connectivity index (χ1) is 10.0. The zero-order valence-electron chi connectivity index (χ0n) is 13.4. The van der Waals surface area contributed by atoms with Crippen molar-refractivity contribution in [3.8, 4) is 0 Å². The Morgan fingerprint density at radius 1 is 1.14 bits per heavy atom. The molecule has 0 aliphatic rings. The normalized spacial score (nSPS) is 10.7. The monoisotopic (exact) mass is 289 g/mol. The minimum atomic E-state index is -0.00948. The fourth-order valence-corrected chi connectivity index (χ4v) is 2.10. The molecule has 116 valence electrons. The first-order valence-corrected chi connectivity index (χ1v) is 7.94. The van der Waals surface area contributed by atoms with Crippen molar-refractivity contribution in [3.05, 3.63) is 29.8 Å². The van der Waals surface area contributed by atoms with E-state index in [1.807, 2.05) is 39.0 Å². The topological polar surface area (TPSA) is 46.2 Å². The van der Waals surface area contributed by atoms with Crippen LogP contribution in [0.2, 0.25) is 0 Å². The smallest absolute Gasteiger partial charge is 0.226 e. The molecule has 1 aromatic rings. The Hall–Kier alpha value is -1.64. The van der Waals surface area contributed by atoms with Crippen LogP contribution in [0.3, 0.4) is 0 Å². The van der Waals surface area contributed by atoms with Gasteiger partial charge >= 0.3 is 0 Å². The van der Waals surface area contributed by atoms with Crippen LogP contribution < -0.4 is 5.32 Å². The molecule has 0 unspecified atom stereocenters. The Kier molecular flexibility index (Phi) is 7.73. The molecule has 0 spiro atoms. The Labute approximate surface area is 128 Å². The lowest BCUT2D eigenvalue weighted by Crippen LogP contribution is -2.17. The van der Waals surface area contributed by atoms with Gasteiger partial charge in [-0.2, -0.15) is 0 Å². The van der Waals surface area contributed by atoms with Crippen molar-refractivity contribution in [1.29, 1.82) is 0 Å². The van der Waals surface area contributed by atoms with Crippen molar-refractivity contribution in [2.45, 2.75) is 59.3 Å². The van der Waals surface area contributed by atoms with Crippen molar-refractivity contribution in [3.63, 3.8) is 0 Å². The highest BCUT2D eigenvalue weighted by atomic mass is 16.1. The number of anilines is 1. The van der Waals surface area contributed by atoms with Crippen molar-refractivity contribution in [2.24, 2.45) is 5.92 Å². The summed E-state index contributed by atoms with van der Waals surface area (Å²) in [5.41, 5.74) is 2.10. The number of benzene rings is 1. The summed E-state index contributed by atoms with van der Waals surface area (Å²) in [4.78, 5) is 22.9. The van der Waals surface area contributed by atoms with Crippen LogP contribution >= 0.6 is 0 Å². The zero-order valence-corrected chi connectivity index (χ0v) is 13.4. The van der Waals surface area contributed by atoms with E-state index in [1.54, 1.807) is 0 Å². The van der Waals surface area contributed by atoms with Crippen LogP contribution in [0.15, 0.2) is 24.3 Å². The first-order valence-electron chi connectivity index (χ1n) is 7.94. The first kappa shape index (κ1) is 17.4. The van der Waals surface area contributed by atoms with Gasteiger partial charge in [0, 0.05) is 24.4 Å². The molecule has 0 fully saturated rings. The number of Topliss-reactive ketones (excluding diaryl/α,β-unsaturated/α-hetero) is 1. The zero-order chi connectivity index (χ0) is 15.7. The number of carbonyl (C=O) groups is 2. The molecule has 3 nitrogen and oxygen atoms in total. The Bertz CT molecular complexity index is 466. The molecule has 0 aliphatic carbocycles. The van der Waals surface area contributed by atoms with E-state index in [4.69, 9.17) is 0 Å². The number of ketones is 1. The quantitative estimate of drug-likeness (QED) is 0.686. The molecular weight excluding hydrogens is 262 g/mol. The van der Waals surface area contributed by atoms with Crippen molar-refractivity contribution < 1.29 is 9.59 Å². The maximum absolute atomic E-state index is 11.7. The maximum Gasteiger partial charge on any atom is 0.226 e. The Balaban J connectivity index is 2.36. The molecule has 0 aliphatic heterocycles. The van der Waals surface area contributed by atoms with Crippen LogP contribution in [0.5, 0.6) is 0 Å². The van der Waals surface area contributed by atoms with Crippen LogP contribution in [0.25, 0.3) is 0 Å². The van der Waals surface area contributed by atoms with Crippen LogP contribution in [0, 0.1) is 5.92 Å². The second-order valence-electron chi connectivity index (χ2n) is 5.80. The van der Waals surface area contributed by atoms with Gasteiger partial charge in [0.1, 0.15) is 5.78 Å². The lowest BCUT2D eigenvalue weighted by Gasteiger charge is -2.09. The van der Waals surface area contributed by atoms with E-state index in [0.29, 0.717) is 18.6 Å². The molecule has 0 heterocycles. The minimum absolute atomic E-state index is 0.00948. The molecule has 0 saturated carbocycles. The summed E-state index contributed by atoms with van der Waals surface area (Å²) in [5, 5.41) is 2.92. The number of hydrogen-bond acceptors (Lipinski definition) is 2. The third-order valence-electron chi connectivity index (χ3n) is 3.53. The molecule has 1 N–H and O–H groups in total. The van der Waals surface area contributed by atoms with Crippen LogP contribution in [0.1, 0.15) is 58.4 Å². The van der Waals surface area contributed by atoms with Gasteiger partial charge in [0.2, 0.25) is 5.91 Å². The summed E-state index contributed by atoms with van der Waals surface area (Å²) in [6, 6.07) is 8.02. The molecule has 1 aromatic carbocycles. The van der Waals surface area contributed by atoms with Crippen molar-refractivity contribution in [2.75, 3.05) is 5.32 Å². The molecule has 1 amide bonds. The minimum Gasteiger partial charge on any atom is -0.326 e. The Morgan fingerprint density at radius 2 is 1.90 bits per heavy atom. The van der Waals surface area contributed by atoms with Crippen LogP contribution in [-0.4, -0.2) is 11.7 Å². The molecular formula is C18H27NO2. The van der Waals surface area contributed by atoms with Crippen LogP contribution in [-0.2, 0) is 16.0 Å². The highest BCUT2D eigenvalue weighted by molar-refractivity contribution is 5.92. The van der Waals surface area contributed by atoms with Gasteiger partial charge in [-0.15, -0.1) is 0 Å². The van der Waals surface area contributed by atoms with Gasteiger partial charge in [-0.05, 0) is 37.0 Å². The van der Waals surface area contributed by atoms with E-state index in [0.717, 1.165) is 31.4 Å².